The van der Waals surface area contributed by atoms with Gasteiger partial charge in [0.15, 0.2) is 0 Å². The van der Waals surface area contributed by atoms with Crippen molar-refractivity contribution in [3.05, 3.63) is 29.8 Å². The van der Waals surface area contributed by atoms with E-state index in [0.717, 1.165) is 0 Å². The Bertz CT molecular complexity index is 420. The number of methoxy groups -OCH3 is 1. The molecule has 0 heterocycles. The van der Waals surface area contributed by atoms with Gasteiger partial charge >= 0.3 is 0 Å². The van der Waals surface area contributed by atoms with E-state index in [1.807, 2.05) is 0 Å². The van der Waals surface area contributed by atoms with Crippen molar-refractivity contribution in [2.45, 2.75) is 6.04 Å². The van der Waals surface area contributed by atoms with E-state index >= 15 is 0 Å². The van der Waals surface area contributed by atoms with Crippen LogP contribution >= 0.6 is 0 Å². The maximum absolute atomic E-state index is 11.6. The van der Waals surface area contributed by atoms with Gasteiger partial charge in [-0.05, 0) is 18.2 Å². The highest BCUT2D eigenvalue weighted by atomic mass is 16.5. The maximum Gasteiger partial charge on any atom is 0.248 e. The van der Waals surface area contributed by atoms with Crippen molar-refractivity contribution >= 4 is 17.5 Å². The number of nitrogens with one attached hydrogen (secondary N) is 1. The van der Waals surface area contributed by atoms with Gasteiger partial charge < -0.3 is 21.5 Å². The molecule has 1 aromatic rings. The van der Waals surface area contributed by atoms with Gasteiger partial charge in [0.25, 0.3) is 0 Å². The highest BCUT2D eigenvalue weighted by molar-refractivity contribution is 5.97. The summed E-state index contributed by atoms with van der Waals surface area (Å²) in [5.74, 6) is -0.934. The van der Waals surface area contributed by atoms with Crippen LogP contribution in [0.5, 0.6) is 0 Å². The Labute approximate surface area is 98.9 Å². The topological polar surface area (TPSA) is 107 Å². The molecular formula is C11H15N3O3. The number of rotatable bonds is 5. The molecule has 0 saturated carbocycles. The van der Waals surface area contributed by atoms with Gasteiger partial charge in [0.2, 0.25) is 11.8 Å². The Kier molecular flexibility index (Phi) is 4.62. The fourth-order valence-electron chi connectivity index (χ4n) is 1.24. The Morgan fingerprint density at radius 3 is 2.76 bits per heavy atom. The molecule has 0 radical (unpaired) electrons. The summed E-state index contributed by atoms with van der Waals surface area (Å²) in [7, 11) is 1.46. The molecule has 0 aliphatic carbocycles. The molecule has 6 heteroatoms. The van der Waals surface area contributed by atoms with Crippen LogP contribution in [0.15, 0.2) is 24.3 Å². The minimum Gasteiger partial charge on any atom is -0.383 e. The second-order valence-electron chi connectivity index (χ2n) is 3.50. The van der Waals surface area contributed by atoms with Crippen LogP contribution in [0.4, 0.5) is 5.69 Å². The van der Waals surface area contributed by atoms with E-state index in [2.05, 4.69) is 5.32 Å². The standard InChI is InChI=1S/C11H15N3O3/c1-17-6-9(12)11(16)14-8-4-2-3-7(5-8)10(13)15/h2-5,9H,6,12H2,1H3,(H2,13,15)(H,14,16). The molecule has 2 amide bonds. The number of hydrogen-bond donors (Lipinski definition) is 3. The van der Waals surface area contributed by atoms with Crippen LogP contribution in [0, 0.1) is 0 Å². The Hall–Kier alpha value is -1.92. The van der Waals surface area contributed by atoms with Crippen LogP contribution in [0.25, 0.3) is 0 Å². The smallest absolute Gasteiger partial charge is 0.248 e. The Balaban J connectivity index is 2.71. The number of primary amides is 1. The van der Waals surface area contributed by atoms with Crippen LogP contribution in [0.3, 0.4) is 0 Å². The van der Waals surface area contributed by atoms with Gasteiger partial charge in [-0.15, -0.1) is 0 Å². The Morgan fingerprint density at radius 1 is 1.47 bits per heavy atom. The average molecular weight is 237 g/mol. The molecule has 0 aliphatic rings. The van der Waals surface area contributed by atoms with Crippen molar-refractivity contribution in [2.75, 3.05) is 19.0 Å². The number of ether oxygens (including phenoxy) is 1. The maximum atomic E-state index is 11.6. The summed E-state index contributed by atoms with van der Waals surface area (Å²) in [5, 5.41) is 2.57. The monoisotopic (exact) mass is 237 g/mol. The van der Waals surface area contributed by atoms with Gasteiger partial charge in [-0.2, -0.15) is 0 Å². The predicted molar refractivity (Wildman–Crippen MR) is 63.4 cm³/mol. The third kappa shape index (κ3) is 3.86. The summed E-state index contributed by atoms with van der Waals surface area (Å²) in [6.45, 7) is 0.126. The highest BCUT2D eigenvalue weighted by Crippen LogP contribution is 2.10. The summed E-state index contributed by atoms with van der Waals surface area (Å²) in [6, 6.07) is 5.56. The van der Waals surface area contributed by atoms with Crippen LogP contribution in [-0.2, 0) is 9.53 Å². The van der Waals surface area contributed by atoms with E-state index in [9.17, 15) is 9.59 Å². The molecule has 1 rings (SSSR count). The fourth-order valence-corrected chi connectivity index (χ4v) is 1.24. The zero-order chi connectivity index (χ0) is 12.8. The summed E-state index contributed by atoms with van der Waals surface area (Å²) in [5.41, 5.74) is 11.5. The molecule has 0 fully saturated rings. The number of carbonyl (C=O) groups is 2. The molecule has 6 nitrogen and oxygen atoms in total. The number of amides is 2. The molecule has 1 atom stereocenters. The van der Waals surface area contributed by atoms with Crippen molar-refractivity contribution < 1.29 is 14.3 Å². The van der Waals surface area contributed by atoms with Crippen LogP contribution in [0.2, 0.25) is 0 Å². The summed E-state index contributed by atoms with van der Waals surface area (Å²) in [4.78, 5) is 22.5. The summed E-state index contributed by atoms with van der Waals surface area (Å²) < 4.78 is 4.76. The first-order valence-electron chi connectivity index (χ1n) is 5.00. The normalized spacial score (nSPS) is 11.9. The van der Waals surface area contributed by atoms with E-state index in [0.29, 0.717) is 11.3 Å². The van der Waals surface area contributed by atoms with E-state index in [1.54, 1.807) is 18.2 Å². The minimum atomic E-state index is -0.753. The first-order chi connectivity index (χ1) is 8.04. The van der Waals surface area contributed by atoms with E-state index in [-0.39, 0.29) is 12.5 Å². The molecular weight excluding hydrogens is 222 g/mol. The molecule has 0 aromatic heterocycles. The zero-order valence-electron chi connectivity index (χ0n) is 9.47. The first-order valence-corrected chi connectivity index (χ1v) is 5.00. The molecule has 0 spiro atoms. The summed E-state index contributed by atoms with van der Waals surface area (Å²) >= 11 is 0. The minimum absolute atomic E-state index is 0.126. The largest absolute Gasteiger partial charge is 0.383 e. The second-order valence-corrected chi connectivity index (χ2v) is 3.50. The molecule has 1 unspecified atom stereocenters. The molecule has 0 bridgehead atoms. The lowest BCUT2D eigenvalue weighted by Gasteiger charge is -2.11. The summed E-state index contributed by atoms with van der Waals surface area (Å²) in [6.07, 6.45) is 0. The first kappa shape index (κ1) is 13.1. The molecule has 92 valence electrons. The predicted octanol–water partition coefficient (Wildman–Crippen LogP) is -0.302. The van der Waals surface area contributed by atoms with Crippen LogP contribution in [0.1, 0.15) is 10.4 Å². The van der Waals surface area contributed by atoms with Gasteiger partial charge in [-0.3, -0.25) is 9.59 Å². The lowest BCUT2D eigenvalue weighted by molar-refractivity contribution is -0.118. The van der Waals surface area contributed by atoms with Gasteiger partial charge in [0.1, 0.15) is 6.04 Å². The Morgan fingerprint density at radius 2 is 2.18 bits per heavy atom. The van der Waals surface area contributed by atoms with Crippen LogP contribution in [-0.4, -0.2) is 31.6 Å². The van der Waals surface area contributed by atoms with Gasteiger partial charge in [-0.25, -0.2) is 0 Å². The van der Waals surface area contributed by atoms with E-state index in [4.69, 9.17) is 16.2 Å². The lowest BCUT2D eigenvalue weighted by atomic mass is 10.2. The lowest BCUT2D eigenvalue weighted by Crippen LogP contribution is -2.39. The van der Waals surface area contributed by atoms with Gasteiger partial charge in [-0.1, -0.05) is 6.07 Å². The van der Waals surface area contributed by atoms with E-state index in [1.165, 1.54) is 13.2 Å². The molecule has 17 heavy (non-hydrogen) atoms. The molecule has 5 N–H and O–H groups in total. The number of carbonyl (C=O) groups excluding carboxylic acids is 2. The number of anilines is 1. The molecule has 0 aliphatic heterocycles. The third-order valence-corrected chi connectivity index (χ3v) is 2.10. The van der Waals surface area contributed by atoms with Gasteiger partial charge in [0.05, 0.1) is 6.61 Å². The third-order valence-electron chi connectivity index (χ3n) is 2.10. The van der Waals surface area contributed by atoms with E-state index < -0.39 is 11.9 Å². The second kappa shape index (κ2) is 5.97. The van der Waals surface area contributed by atoms with Crippen molar-refractivity contribution in [3.63, 3.8) is 0 Å². The SMILES string of the molecule is COCC(N)C(=O)Nc1cccc(C(N)=O)c1. The molecule has 0 saturated heterocycles. The number of hydrogen-bond acceptors (Lipinski definition) is 4. The zero-order valence-corrected chi connectivity index (χ0v) is 9.47. The van der Waals surface area contributed by atoms with Crippen molar-refractivity contribution in [1.29, 1.82) is 0 Å². The van der Waals surface area contributed by atoms with Gasteiger partial charge in [0, 0.05) is 18.4 Å². The molecule has 1 aromatic carbocycles. The van der Waals surface area contributed by atoms with Crippen molar-refractivity contribution in [2.24, 2.45) is 11.5 Å². The quantitative estimate of drug-likeness (QED) is 0.653. The average Bonchev–Trinajstić information content (AvgIpc) is 2.29. The van der Waals surface area contributed by atoms with Crippen molar-refractivity contribution in [3.8, 4) is 0 Å². The van der Waals surface area contributed by atoms with Crippen LogP contribution < -0.4 is 16.8 Å². The van der Waals surface area contributed by atoms with Crippen molar-refractivity contribution in [1.82, 2.24) is 0 Å². The fraction of sp³-hybridized carbons (Fsp3) is 0.273. The number of benzene rings is 1. The number of nitrogens with two attached hydrogens (primary N) is 2. The highest BCUT2D eigenvalue weighted by Gasteiger charge is 2.13.